The zero-order chi connectivity index (χ0) is 20.5. The number of nitrogens with one attached hydrogen (secondary N) is 1. The number of aromatic nitrogens is 1. The normalized spacial score (nSPS) is 14.9. The van der Waals surface area contributed by atoms with Gasteiger partial charge in [0.15, 0.2) is 5.78 Å². The van der Waals surface area contributed by atoms with Crippen LogP contribution in [0.5, 0.6) is 0 Å². The number of ketones is 1. The molecule has 1 aliphatic heterocycles. The summed E-state index contributed by atoms with van der Waals surface area (Å²) in [4.78, 5) is 32.2. The zero-order valence-corrected chi connectivity index (χ0v) is 16.4. The van der Waals surface area contributed by atoms with Gasteiger partial charge in [-0.2, -0.15) is 0 Å². The molecule has 0 saturated carbocycles. The van der Waals surface area contributed by atoms with Gasteiger partial charge in [0.1, 0.15) is 5.82 Å². The predicted molar refractivity (Wildman–Crippen MR) is 114 cm³/mol. The van der Waals surface area contributed by atoms with Crippen molar-refractivity contribution >= 4 is 17.5 Å². The Kier molecular flexibility index (Phi) is 4.77. The molecule has 3 aromatic rings. The Morgan fingerprint density at radius 3 is 2.57 bits per heavy atom. The van der Waals surface area contributed by atoms with Crippen molar-refractivity contribution in [2.75, 3.05) is 31.2 Å². The quantitative estimate of drug-likeness (QED) is 0.571. The first kappa shape index (κ1) is 18.5. The van der Waals surface area contributed by atoms with E-state index in [1.165, 1.54) is 0 Å². The first-order valence-corrected chi connectivity index (χ1v) is 10.1. The molecule has 0 unspecified atom stereocenters. The zero-order valence-electron chi connectivity index (χ0n) is 16.4. The summed E-state index contributed by atoms with van der Waals surface area (Å²) in [5.74, 6) is 0.635. The molecule has 150 valence electrons. The summed E-state index contributed by atoms with van der Waals surface area (Å²) < 4.78 is 5.42. The third kappa shape index (κ3) is 3.25. The molecule has 5 rings (SSSR count). The highest BCUT2D eigenvalue weighted by molar-refractivity contribution is 6.22. The van der Waals surface area contributed by atoms with Crippen molar-refractivity contribution in [3.63, 3.8) is 0 Å². The Morgan fingerprint density at radius 1 is 0.967 bits per heavy atom. The van der Waals surface area contributed by atoms with Crippen molar-refractivity contribution < 1.29 is 14.3 Å². The summed E-state index contributed by atoms with van der Waals surface area (Å²) in [6, 6.07) is 16.7. The molecule has 2 aliphatic rings. The second kappa shape index (κ2) is 7.72. The smallest absolute Gasteiger partial charge is 0.251 e. The lowest BCUT2D eigenvalue weighted by Crippen LogP contribution is -2.37. The number of benzene rings is 2. The molecule has 0 spiro atoms. The van der Waals surface area contributed by atoms with Crippen molar-refractivity contribution in [2.24, 2.45) is 0 Å². The van der Waals surface area contributed by atoms with Crippen molar-refractivity contribution in [1.82, 2.24) is 10.3 Å². The van der Waals surface area contributed by atoms with Crippen molar-refractivity contribution in [3.05, 3.63) is 83.0 Å². The molecule has 6 heteroatoms. The second-order valence-corrected chi connectivity index (χ2v) is 7.40. The van der Waals surface area contributed by atoms with E-state index < -0.39 is 0 Å². The monoisotopic (exact) mass is 399 g/mol. The summed E-state index contributed by atoms with van der Waals surface area (Å²) in [5.41, 5.74) is 4.52. The molecule has 1 aliphatic carbocycles. The minimum atomic E-state index is -0.210. The fourth-order valence-corrected chi connectivity index (χ4v) is 4.07. The summed E-state index contributed by atoms with van der Waals surface area (Å²) in [5, 5.41) is 2.97. The van der Waals surface area contributed by atoms with E-state index in [1.807, 2.05) is 42.5 Å². The standard InChI is InChI=1S/C24H21N3O3/c28-22-20-6-2-1-5-18(20)19-8-7-16(14-21(19)22)24(29)26-15-17-4-3-9-25-23(17)27-10-12-30-13-11-27/h1-9,14H,10-13,15H2,(H,26,29). The molecule has 1 amide bonds. The van der Waals surface area contributed by atoms with E-state index in [0.717, 1.165) is 35.6 Å². The molecule has 30 heavy (non-hydrogen) atoms. The van der Waals surface area contributed by atoms with E-state index in [-0.39, 0.29) is 11.7 Å². The average molecular weight is 399 g/mol. The van der Waals surface area contributed by atoms with Crippen molar-refractivity contribution in [2.45, 2.75) is 6.54 Å². The topological polar surface area (TPSA) is 71.5 Å². The number of hydrogen-bond donors (Lipinski definition) is 1. The highest BCUT2D eigenvalue weighted by atomic mass is 16.5. The Balaban J connectivity index is 1.34. The number of nitrogens with zero attached hydrogens (tertiary/aromatic N) is 2. The number of fused-ring (bicyclic) bond motifs is 3. The van der Waals surface area contributed by atoms with E-state index in [9.17, 15) is 9.59 Å². The van der Waals surface area contributed by atoms with Crippen molar-refractivity contribution in [3.8, 4) is 11.1 Å². The van der Waals surface area contributed by atoms with Gasteiger partial charge in [-0.05, 0) is 29.3 Å². The van der Waals surface area contributed by atoms with Crippen LogP contribution in [0, 0.1) is 0 Å². The number of pyridine rings is 1. The van der Waals surface area contributed by atoms with Gasteiger partial charge in [-0.1, -0.05) is 36.4 Å². The van der Waals surface area contributed by atoms with E-state index in [2.05, 4.69) is 15.2 Å². The summed E-state index contributed by atoms with van der Waals surface area (Å²) in [6.45, 7) is 3.28. The van der Waals surface area contributed by atoms with Crippen LogP contribution in [0.1, 0.15) is 31.8 Å². The van der Waals surface area contributed by atoms with E-state index >= 15 is 0 Å². The number of ether oxygens (including phenoxy) is 1. The van der Waals surface area contributed by atoms with Gasteiger partial charge in [0, 0.05) is 48.1 Å². The van der Waals surface area contributed by atoms with Crippen LogP contribution in [-0.2, 0) is 11.3 Å². The number of amides is 1. The van der Waals surface area contributed by atoms with Crippen LogP contribution >= 0.6 is 0 Å². The number of carbonyl (C=O) groups is 2. The van der Waals surface area contributed by atoms with E-state index in [1.54, 1.807) is 18.3 Å². The maximum absolute atomic E-state index is 12.8. The molecule has 2 heterocycles. The molecule has 1 N–H and O–H groups in total. The molecular formula is C24H21N3O3. The lowest BCUT2D eigenvalue weighted by atomic mass is 10.0. The number of rotatable bonds is 4. The number of anilines is 1. The van der Waals surface area contributed by atoms with Crippen LogP contribution in [0.15, 0.2) is 60.8 Å². The van der Waals surface area contributed by atoms with Crippen LogP contribution in [0.25, 0.3) is 11.1 Å². The molecular weight excluding hydrogens is 378 g/mol. The molecule has 0 radical (unpaired) electrons. The van der Waals surface area contributed by atoms with Gasteiger partial charge in [0.25, 0.3) is 5.91 Å². The molecule has 0 atom stereocenters. The van der Waals surface area contributed by atoms with Gasteiger partial charge in [-0.25, -0.2) is 4.98 Å². The fraction of sp³-hybridized carbons (Fsp3) is 0.208. The highest BCUT2D eigenvalue weighted by Crippen LogP contribution is 2.36. The van der Waals surface area contributed by atoms with Gasteiger partial charge in [0.2, 0.25) is 0 Å². The Labute approximate surface area is 174 Å². The van der Waals surface area contributed by atoms with Gasteiger partial charge < -0.3 is 15.0 Å². The molecule has 2 aromatic carbocycles. The Bertz CT molecular complexity index is 1140. The SMILES string of the molecule is O=C(NCc1cccnc1N1CCOCC1)c1ccc2c(c1)C(=O)c1ccccc1-2. The van der Waals surface area contributed by atoms with Gasteiger partial charge >= 0.3 is 0 Å². The van der Waals surface area contributed by atoms with Gasteiger partial charge in [0.05, 0.1) is 13.2 Å². The summed E-state index contributed by atoms with van der Waals surface area (Å²) >= 11 is 0. The largest absolute Gasteiger partial charge is 0.378 e. The maximum atomic E-state index is 12.8. The van der Waals surface area contributed by atoms with Crippen LogP contribution in [-0.4, -0.2) is 43.0 Å². The van der Waals surface area contributed by atoms with Crippen LogP contribution in [0.4, 0.5) is 5.82 Å². The predicted octanol–water partition coefficient (Wildman–Crippen LogP) is 3.06. The van der Waals surface area contributed by atoms with E-state index in [4.69, 9.17) is 4.74 Å². The third-order valence-electron chi connectivity index (χ3n) is 5.61. The summed E-state index contributed by atoms with van der Waals surface area (Å²) in [6.07, 6.45) is 1.76. The minimum Gasteiger partial charge on any atom is -0.378 e. The first-order chi connectivity index (χ1) is 14.7. The third-order valence-corrected chi connectivity index (χ3v) is 5.61. The molecule has 6 nitrogen and oxygen atoms in total. The first-order valence-electron chi connectivity index (χ1n) is 10.1. The van der Waals surface area contributed by atoms with Gasteiger partial charge in [-0.3, -0.25) is 9.59 Å². The molecule has 1 fully saturated rings. The number of carbonyl (C=O) groups excluding carboxylic acids is 2. The maximum Gasteiger partial charge on any atom is 0.251 e. The highest BCUT2D eigenvalue weighted by Gasteiger charge is 2.27. The van der Waals surface area contributed by atoms with Crippen LogP contribution in [0.3, 0.4) is 0 Å². The fourth-order valence-electron chi connectivity index (χ4n) is 4.07. The second-order valence-electron chi connectivity index (χ2n) is 7.40. The molecule has 1 aromatic heterocycles. The molecule has 1 saturated heterocycles. The Hall–Kier alpha value is -3.51. The lowest BCUT2D eigenvalue weighted by molar-refractivity contribution is 0.0950. The Morgan fingerprint density at radius 2 is 1.73 bits per heavy atom. The minimum absolute atomic E-state index is 0.0305. The summed E-state index contributed by atoms with van der Waals surface area (Å²) in [7, 11) is 0. The van der Waals surface area contributed by atoms with Crippen LogP contribution < -0.4 is 10.2 Å². The number of morpholine rings is 1. The van der Waals surface area contributed by atoms with Gasteiger partial charge in [-0.15, -0.1) is 0 Å². The molecule has 0 bridgehead atoms. The van der Waals surface area contributed by atoms with E-state index in [0.29, 0.717) is 36.4 Å². The number of hydrogen-bond acceptors (Lipinski definition) is 5. The van der Waals surface area contributed by atoms with Crippen molar-refractivity contribution in [1.29, 1.82) is 0 Å². The lowest BCUT2D eigenvalue weighted by Gasteiger charge is -2.29. The van der Waals surface area contributed by atoms with Crippen LogP contribution in [0.2, 0.25) is 0 Å². The average Bonchev–Trinajstić information content (AvgIpc) is 3.10.